The largest absolute Gasteiger partial charge is 0.324 e. The van der Waals surface area contributed by atoms with E-state index in [0.717, 1.165) is 11.5 Å². The number of rotatable bonds is 2. The van der Waals surface area contributed by atoms with E-state index in [1.165, 1.54) is 6.42 Å². The molecular formula is C11H13Cl2N. The molecule has 2 N–H and O–H groups in total. The summed E-state index contributed by atoms with van der Waals surface area (Å²) in [6.07, 6.45) is 1.21. The van der Waals surface area contributed by atoms with Gasteiger partial charge in [-0.25, -0.2) is 0 Å². The maximum Gasteiger partial charge on any atom is 0.0468 e. The molecule has 0 heterocycles. The van der Waals surface area contributed by atoms with E-state index in [1.807, 2.05) is 12.1 Å². The summed E-state index contributed by atoms with van der Waals surface area (Å²) >= 11 is 11.9. The number of nitrogens with two attached hydrogens (primary N) is 1. The lowest BCUT2D eigenvalue weighted by Crippen LogP contribution is -2.13. The maximum atomic E-state index is 6.11. The van der Waals surface area contributed by atoms with Gasteiger partial charge in [0.1, 0.15) is 0 Å². The van der Waals surface area contributed by atoms with E-state index in [2.05, 4.69) is 6.92 Å². The van der Waals surface area contributed by atoms with Crippen molar-refractivity contribution in [2.45, 2.75) is 19.4 Å². The molecular weight excluding hydrogens is 217 g/mol. The van der Waals surface area contributed by atoms with E-state index >= 15 is 0 Å². The van der Waals surface area contributed by atoms with Crippen LogP contribution in [0.25, 0.3) is 0 Å². The molecule has 76 valence electrons. The summed E-state index contributed by atoms with van der Waals surface area (Å²) in [4.78, 5) is 0. The second-order valence-electron chi connectivity index (χ2n) is 4.07. The summed E-state index contributed by atoms with van der Waals surface area (Å²) in [5.74, 6) is 1.32. The van der Waals surface area contributed by atoms with Gasteiger partial charge in [-0.05, 0) is 36.0 Å². The first-order valence-electron chi connectivity index (χ1n) is 4.80. The molecule has 0 saturated heterocycles. The van der Waals surface area contributed by atoms with Crippen LogP contribution >= 0.6 is 23.2 Å². The predicted molar refractivity (Wildman–Crippen MR) is 60.7 cm³/mol. The first-order chi connectivity index (χ1) is 6.59. The van der Waals surface area contributed by atoms with Crippen molar-refractivity contribution in [3.63, 3.8) is 0 Å². The molecule has 1 aliphatic carbocycles. The van der Waals surface area contributed by atoms with Crippen LogP contribution in [0.2, 0.25) is 10.0 Å². The number of halogens is 2. The molecule has 3 atom stereocenters. The minimum Gasteiger partial charge on any atom is -0.324 e. The lowest BCUT2D eigenvalue weighted by Gasteiger charge is -2.13. The van der Waals surface area contributed by atoms with Crippen molar-refractivity contribution in [2.75, 3.05) is 0 Å². The number of hydrogen-bond acceptors (Lipinski definition) is 1. The smallest absolute Gasteiger partial charge is 0.0468 e. The summed E-state index contributed by atoms with van der Waals surface area (Å²) < 4.78 is 0. The molecule has 1 saturated carbocycles. The first-order valence-corrected chi connectivity index (χ1v) is 5.55. The average Bonchev–Trinajstić information content (AvgIpc) is 2.81. The molecule has 0 aromatic heterocycles. The van der Waals surface area contributed by atoms with Gasteiger partial charge < -0.3 is 5.73 Å². The van der Waals surface area contributed by atoms with Gasteiger partial charge >= 0.3 is 0 Å². The summed E-state index contributed by atoms with van der Waals surface area (Å²) in [6.45, 7) is 2.22. The topological polar surface area (TPSA) is 26.0 Å². The third-order valence-electron chi connectivity index (χ3n) is 2.95. The zero-order valence-corrected chi connectivity index (χ0v) is 9.52. The van der Waals surface area contributed by atoms with Crippen molar-refractivity contribution in [2.24, 2.45) is 17.6 Å². The summed E-state index contributed by atoms with van der Waals surface area (Å²) in [5.41, 5.74) is 7.13. The van der Waals surface area contributed by atoms with Crippen LogP contribution in [0.15, 0.2) is 18.2 Å². The molecule has 14 heavy (non-hydrogen) atoms. The van der Waals surface area contributed by atoms with Crippen LogP contribution in [-0.2, 0) is 0 Å². The fourth-order valence-corrected chi connectivity index (χ4v) is 2.39. The van der Waals surface area contributed by atoms with E-state index < -0.39 is 0 Å². The van der Waals surface area contributed by atoms with Gasteiger partial charge in [0.25, 0.3) is 0 Å². The highest BCUT2D eigenvalue weighted by Crippen LogP contribution is 2.47. The average molecular weight is 230 g/mol. The lowest BCUT2D eigenvalue weighted by atomic mass is 10.0. The van der Waals surface area contributed by atoms with Crippen molar-refractivity contribution < 1.29 is 0 Å². The van der Waals surface area contributed by atoms with Crippen molar-refractivity contribution >= 4 is 23.2 Å². The molecule has 3 unspecified atom stereocenters. The van der Waals surface area contributed by atoms with Gasteiger partial charge in [-0.15, -0.1) is 0 Å². The highest BCUT2D eigenvalue weighted by Gasteiger charge is 2.38. The summed E-state index contributed by atoms with van der Waals surface area (Å²) in [6, 6.07) is 5.59. The van der Waals surface area contributed by atoms with Crippen LogP contribution in [-0.4, -0.2) is 0 Å². The van der Waals surface area contributed by atoms with E-state index in [0.29, 0.717) is 16.0 Å². The summed E-state index contributed by atoms with van der Waals surface area (Å²) in [5, 5.41) is 1.35. The van der Waals surface area contributed by atoms with Crippen LogP contribution in [0.5, 0.6) is 0 Å². The molecule has 2 rings (SSSR count). The molecule has 0 bridgehead atoms. The lowest BCUT2D eigenvalue weighted by molar-refractivity contribution is 0.594. The Bertz CT molecular complexity index is 351. The van der Waals surface area contributed by atoms with Crippen LogP contribution in [0.3, 0.4) is 0 Å². The zero-order chi connectivity index (χ0) is 10.3. The van der Waals surface area contributed by atoms with Crippen molar-refractivity contribution in [1.82, 2.24) is 0 Å². The van der Waals surface area contributed by atoms with Gasteiger partial charge in [0.05, 0.1) is 0 Å². The Kier molecular flexibility index (Phi) is 2.74. The third-order valence-corrected chi connectivity index (χ3v) is 3.52. The van der Waals surface area contributed by atoms with E-state index in [4.69, 9.17) is 28.9 Å². The van der Waals surface area contributed by atoms with Crippen molar-refractivity contribution in [1.29, 1.82) is 0 Å². The van der Waals surface area contributed by atoms with Gasteiger partial charge in [-0.3, -0.25) is 0 Å². The quantitative estimate of drug-likeness (QED) is 0.824. The number of benzene rings is 1. The fourth-order valence-electron chi connectivity index (χ4n) is 1.85. The van der Waals surface area contributed by atoms with Crippen LogP contribution in [0, 0.1) is 11.8 Å². The SMILES string of the molecule is CC1CC1C(N)c1ccc(Cl)cc1Cl. The maximum absolute atomic E-state index is 6.11. The van der Waals surface area contributed by atoms with Gasteiger partial charge in [0.15, 0.2) is 0 Å². The van der Waals surface area contributed by atoms with E-state index in [-0.39, 0.29) is 6.04 Å². The second kappa shape index (κ2) is 3.73. The van der Waals surface area contributed by atoms with Crippen LogP contribution in [0.4, 0.5) is 0 Å². The monoisotopic (exact) mass is 229 g/mol. The standard InChI is InChI=1S/C11H13Cl2N/c1-6-4-9(6)11(14)8-3-2-7(12)5-10(8)13/h2-3,5-6,9,11H,4,14H2,1H3. The highest BCUT2D eigenvalue weighted by molar-refractivity contribution is 6.35. The van der Waals surface area contributed by atoms with Gasteiger partial charge in [-0.2, -0.15) is 0 Å². The minimum atomic E-state index is 0.0646. The molecule has 3 heteroatoms. The van der Waals surface area contributed by atoms with Crippen molar-refractivity contribution in [3.8, 4) is 0 Å². The van der Waals surface area contributed by atoms with E-state index in [9.17, 15) is 0 Å². The van der Waals surface area contributed by atoms with E-state index in [1.54, 1.807) is 6.07 Å². The van der Waals surface area contributed by atoms with Gasteiger partial charge in [0.2, 0.25) is 0 Å². The van der Waals surface area contributed by atoms with Gasteiger partial charge in [-0.1, -0.05) is 36.2 Å². The molecule has 1 aromatic rings. The molecule has 1 aliphatic rings. The Balaban J connectivity index is 2.23. The normalized spacial score (nSPS) is 27.4. The second-order valence-corrected chi connectivity index (χ2v) is 4.91. The zero-order valence-electron chi connectivity index (χ0n) is 8.00. The first kappa shape index (κ1) is 10.3. The highest BCUT2D eigenvalue weighted by atomic mass is 35.5. The van der Waals surface area contributed by atoms with Gasteiger partial charge in [0, 0.05) is 16.1 Å². The third kappa shape index (κ3) is 1.90. The Labute approximate surface area is 94.2 Å². The molecule has 1 aromatic carbocycles. The molecule has 1 nitrogen and oxygen atoms in total. The molecule has 0 spiro atoms. The Hall–Kier alpha value is -0.240. The Morgan fingerprint density at radius 3 is 2.57 bits per heavy atom. The number of hydrogen-bond donors (Lipinski definition) is 1. The Morgan fingerprint density at radius 1 is 1.43 bits per heavy atom. The fraction of sp³-hybridized carbons (Fsp3) is 0.455. The van der Waals surface area contributed by atoms with Crippen LogP contribution in [0.1, 0.15) is 24.9 Å². The molecule has 0 radical (unpaired) electrons. The van der Waals surface area contributed by atoms with Crippen molar-refractivity contribution in [3.05, 3.63) is 33.8 Å². The molecule has 0 amide bonds. The minimum absolute atomic E-state index is 0.0646. The molecule has 1 fully saturated rings. The summed E-state index contributed by atoms with van der Waals surface area (Å²) in [7, 11) is 0. The Morgan fingerprint density at radius 2 is 2.07 bits per heavy atom. The molecule has 0 aliphatic heterocycles. The van der Waals surface area contributed by atoms with Crippen LogP contribution < -0.4 is 5.73 Å². The predicted octanol–water partition coefficient (Wildman–Crippen LogP) is 3.65.